The van der Waals surface area contributed by atoms with E-state index in [1.165, 1.54) is 10.4 Å². The third-order valence-corrected chi connectivity index (χ3v) is 8.37. The van der Waals surface area contributed by atoms with Crippen LogP contribution in [0.2, 0.25) is 0 Å². The van der Waals surface area contributed by atoms with E-state index in [4.69, 9.17) is 4.74 Å². The monoisotopic (exact) mass is 449 g/mol. The number of amides is 2. The number of hydrogen-bond donors (Lipinski definition) is 0. The zero-order chi connectivity index (χ0) is 22.0. The minimum Gasteiger partial charge on any atom is -0.368 e. The fourth-order valence-electron chi connectivity index (χ4n) is 4.52. The van der Waals surface area contributed by atoms with Crippen LogP contribution < -0.4 is 0 Å². The number of piperazine rings is 1. The second kappa shape index (κ2) is 9.26. The van der Waals surface area contributed by atoms with Crippen LogP contribution in [0.4, 0.5) is 0 Å². The zero-order valence-electron chi connectivity index (χ0n) is 18.1. The highest BCUT2D eigenvalue weighted by molar-refractivity contribution is 7.89. The molecule has 3 saturated heterocycles. The topological polar surface area (TPSA) is 87.2 Å². The van der Waals surface area contributed by atoms with Gasteiger partial charge in [-0.1, -0.05) is 12.5 Å². The van der Waals surface area contributed by atoms with Crippen LogP contribution in [0.3, 0.4) is 0 Å². The highest BCUT2D eigenvalue weighted by atomic mass is 32.2. The lowest BCUT2D eigenvalue weighted by molar-refractivity contribution is -0.142. The molecule has 1 aromatic rings. The minimum absolute atomic E-state index is 0.00963. The van der Waals surface area contributed by atoms with Crippen LogP contribution in [0.25, 0.3) is 0 Å². The van der Waals surface area contributed by atoms with Crippen LogP contribution in [-0.4, -0.2) is 86.3 Å². The van der Waals surface area contributed by atoms with Gasteiger partial charge in [0.1, 0.15) is 6.10 Å². The molecule has 4 rings (SSSR count). The molecule has 0 N–H and O–H groups in total. The number of sulfonamides is 1. The molecule has 0 aromatic heterocycles. The summed E-state index contributed by atoms with van der Waals surface area (Å²) >= 11 is 0. The quantitative estimate of drug-likeness (QED) is 0.697. The van der Waals surface area contributed by atoms with Gasteiger partial charge in [-0.3, -0.25) is 9.59 Å². The molecule has 31 heavy (non-hydrogen) atoms. The molecule has 3 heterocycles. The van der Waals surface area contributed by atoms with Crippen molar-refractivity contribution in [1.82, 2.24) is 14.1 Å². The first-order chi connectivity index (χ1) is 14.9. The van der Waals surface area contributed by atoms with E-state index in [1.54, 1.807) is 21.9 Å². The van der Waals surface area contributed by atoms with Crippen LogP contribution in [0.5, 0.6) is 0 Å². The van der Waals surface area contributed by atoms with Crippen molar-refractivity contribution in [3.8, 4) is 0 Å². The van der Waals surface area contributed by atoms with Crippen molar-refractivity contribution in [2.24, 2.45) is 0 Å². The predicted molar refractivity (Wildman–Crippen MR) is 115 cm³/mol. The Morgan fingerprint density at radius 3 is 2.26 bits per heavy atom. The minimum atomic E-state index is -3.60. The molecule has 9 heteroatoms. The Hall–Kier alpha value is -1.97. The Bertz CT molecular complexity index is 928. The van der Waals surface area contributed by atoms with Crippen LogP contribution in [0.1, 0.15) is 48.0 Å². The summed E-state index contributed by atoms with van der Waals surface area (Å²) < 4.78 is 33.1. The van der Waals surface area contributed by atoms with Crippen molar-refractivity contribution in [3.05, 3.63) is 29.3 Å². The van der Waals surface area contributed by atoms with Crippen LogP contribution in [-0.2, 0) is 19.6 Å². The maximum atomic E-state index is 13.2. The molecule has 3 aliphatic rings. The standard InChI is InChI=1S/C22H31N3O5S/c1-17-7-8-18(31(28,29)25-9-3-2-4-10-25)16-19(17)21(26)23-11-13-24(14-12-23)22(27)20-6-5-15-30-20/h7-8,16,20H,2-6,9-15H2,1H3. The molecule has 0 radical (unpaired) electrons. The second-order valence-corrected chi connectivity index (χ2v) is 10.5. The molecule has 0 aliphatic carbocycles. The van der Waals surface area contributed by atoms with Crippen molar-refractivity contribution in [3.63, 3.8) is 0 Å². The number of piperidine rings is 1. The summed E-state index contributed by atoms with van der Waals surface area (Å²) in [4.78, 5) is 29.4. The average Bonchev–Trinajstić information content (AvgIpc) is 3.34. The van der Waals surface area contributed by atoms with Crippen molar-refractivity contribution < 1.29 is 22.7 Å². The van der Waals surface area contributed by atoms with Gasteiger partial charge in [0.25, 0.3) is 11.8 Å². The number of ether oxygens (including phenoxy) is 1. The normalized spacial score (nSPS) is 23.2. The van der Waals surface area contributed by atoms with E-state index in [1.807, 2.05) is 6.92 Å². The number of benzene rings is 1. The van der Waals surface area contributed by atoms with Crippen molar-refractivity contribution in [1.29, 1.82) is 0 Å². The molecule has 0 bridgehead atoms. The number of carbonyl (C=O) groups excluding carboxylic acids is 2. The average molecular weight is 450 g/mol. The van der Waals surface area contributed by atoms with E-state index < -0.39 is 10.0 Å². The van der Waals surface area contributed by atoms with E-state index in [0.29, 0.717) is 51.4 Å². The van der Waals surface area contributed by atoms with Gasteiger partial charge >= 0.3 is 0 Å². The van der Waals surface area contributed by atoms with E-state index in [0.717, 1.165) is 37.7 Å². The highest BCUT2D eigenvalue weighted by Crippen LogP contribution is 2.24. The van der Waals surface area contributed by atoms with Gasteiger partial charge in [-0.25, -0.2) is 8.42 Å². The summed E-state index contributed by atoms with van der Waals surface area (Å²) in [6.07, 6.45) is 4.10. The molecule has 170 valence electrons. The van der Waals surface area contributed by atoms with Gasteiger partial charge in [0.05, 0.1) is 4.90 Å². The second-order valence-electron chi connectivity index (χ2n) is 8.56. The third-order valence-electron chi connectivity index (χ3n) is 6.48. The van der Waals surface area contributed by atoms with Gasteiger partial charge in [0, 0.05) is 51.4 Å². The number of nitrogens with zero attached hydrogens (tertiary/aromatic N) is 3. The lowest BCUT2D eigenvalue weighted by Crippen LogP contribution is -2.52. The van der Waals surface area contributed by atoms with Gasteiger partial charge in [-0.2, -0.15) is 4.31 Å². The van der Waals surface area contributed by atoms with Gasteiger partial charge in [-0.05, 0) is 50.3 Å². The number of hydrogen-bond acceptors (Lipinski definition) is 5. The number of carbonyl (C=O) groups is 2. The summed E-state index contributed by atoms with van der Waals surface area (Å²) in [5, 5.41) is 0. The first kappa shape index (κ1) is 22.2. The Kier molecular flexibility index (Phi) is 6.64. The van der Waals surface area contributed by atoms with E-state index in [-0.39, 0.29) is 22.8 Å². The lowest BCUT2D eigenvalue weighted by Gasteiger charge is -2.36. The first-order valence-corrected chi connectivity index (χ1v) is 12.6. The molecule has 0 saturated carbocycles. The van der Waals surface area contributed by atoms with Crippen molar-refractivity contribution >= 4 is 21.8 Å². The maximum absolute atomic E-state index is 13.2. The van der Waals surface area contributed by atoms with Crippen LogP contribution >= 0.6 is 0 Å². The predicted octanol–water partition coefficient (Wildman–Crippen LogP) is 1.63. The third kappa shape index (κ3) is 4.63. The highest BCUT2D eigenvalue weighted by Gasteiger charge is 2.32. The maximum Gasteiger partial charge on any atom is 0.254 e. The molecule has 3 fully saturated rings. The summed E-state index contributed by atoms with van der Waals surface area (Å²) in [6.45, 7) is 5.30. The molecular weight excluding hydrogens is 418 g/mol. The van der Waals surface area contributed by atoms with Crippen molar-refractivity contribution in [2.75, 3.05) is 45.9 Å². The van der Waals surface area contributed by atoms with Crippen molar-refractivity contribution in [2.45, 2.75) is 50.0 Å². The van der Waals surface area contributed by atoms with Crippen LogP contribution in [0, 0.1) is 6.92 Å². The van der Waals surface area contributed by atoms with Gasteiger partial charge in [-0.15, -0.1) is 0 Å². The Morgan fingerprint density at radius 1 is 0.935 bits per heavy atom. The fourth-order valence-corrected chi connectivity index (χ4v) is 6.07. The lowest BCUT2D eigenvalue weighted by atomic mass is 10.1. The smallest absolute Gasteiger partial charge is 0.254 e. The molecule has 3 aliphatic heterocycles. The largest absolute Gasteiger partial charge is 0.368 e. The van der Waals surface area contributed by atoms with Gasteiger partial charge < -0.3 is 14.5 Å². The van der Waals surface area contributed by atoms with E-state index >= 15 is 0 Å². The molecule has 1 unspecified atom stereocenters. The Morgan fingerprint density at radius 2 is 1.61 bits per heavy atom. The van der Waals surface area contributed by atoms with Crippen LogP contribution in [0.15, 0.2) is 23.1 Å². The summed E-state index contributed by atoms with van der Waals surface area (Å²) in [5.41, 5.74) is 1.16. The Labute approximate surface area is 184 Å². The fraction of sp³-hybridized carbons (Fsp3) is 0.636. The van der Waals surface area contributed by atoms with E-state index in [2.05, 4.69) is 0 Å². The summed E-state index contributed by atoms with van der Waals surface area (Å²) in [6, 6.07) is 4.82. The SMILES string of the molecule is Cc1ccc(S(=O)(=O)N2CCCCC2)cc1C(=O)N1CCN(C(=O)C2CCCO2)CC1. The summed E-state index contributed by atoms with van der Waals surface area (Å²) in [7, 11) is -3.60. The number of aryl methyl sites for hydroxylation is 1. The van der Waals surface area contributed by atoms with E-state index in [9.17, 15) is 18.0 Å². The number of rotatable bonds is 4. The molecule has 8 nitrogen and oxygen atoms in total. The van der Waals surface area contributed by atoms with Gasteiger partial charge in [0.2, 0.25) is 10.0 Å². The molecule has 1 atom stereocenters. The summed E-state index contributed by atoms with van der Waals surface area (Å²) in [5.74, 6) is -0.173. The zero-order valence-corrected chi connectivity index (χ0v) is 18.9. The molecule has 0 spiro atoms. The molecule has 2 amide bonds. The molecule has 1 aromatic carbocycles. The first-order valence-electron chi connectivity index (χ1n) is 11.2. The molecular formula is C22H31N3O5S. The Balaban J connectivity index is 1.45. The van der Waals surface area contributed by atoms with Gasteiger partial charge in [0.15, 0.2) is 0 Å².